The molecule has 0 atom stereocenters. The van der Waals surface area contributed by atoms with Gasteiger partial charge in [-0.2, -0.15) is 18.2 Å². The second-order valence-corrected chi connectivity index (χ2v) is 5.86. The van der Waals surface area contributed by atoms with Gasteiger partial charge in [0, 0.05) is 17.1 Å². The number of pyridine rings is 1. The molecule has 0 amide bonds. The lowest BCUT2D eigenvalue weighted by Gasteiger charge is -2.22. The standard InChI is InChI=1S/C14H17F3N2O/c1-8-6-18-11-9(8)5-10(13(2,3)4)12(19-11)20-7-14(15,16)17/h5-6H,7H2,1-4H3,(H,18,19). The molecule has 0 aromatic carbocycles. The average Bonchev–Trinajstić information content (AvgIpc) is 2.65. The van der Waals surface area contributed by atoms with E-state index in [0.717, 1.165) is 10.9 Å². The first kappa shape index (κ1) is 14.7. The maximum Gasteiger partial charge on any atom is 0.422 e. The number of fused-ring (bicyclic) bond motifs is 1. The van der Waals surface area contributed by atoms with Crippen molar-refractivity contribution in [1.29, 1.82) is 0 Å². The van der Waals surface area contributed by atoms with Crippen molar-refractivity contribution in [2.75, 3.05) is 6.61 Å². The molecule has 0 unspecified atom stereocenters. The van der Waals surface area contributed by atoms with Crippen molar-refractivity contribution in [3.63, 3.8) is 0 Å². The zero-order valence-electron chi connectivity index (χ0n) is 11.9. The van der Waals surface area contributed by atoms with Crippen LogP contribution in [-0.2, 0) is 5.41 Å². The number of hydrogen-bond acceptors (Lipinski definition) is 2. The summed E-state index contributed by atoms with van der Waals surface area (Å²) in [5, 5.41) is 0.897. The van der Waals surface area contributed by atoms with Crippen LogP contribution in [0.5, 0.6) is 5.88 Å². The predicted molar refractivity (Wildman–Crippen MR) is 71.1 cm³/mol. The van der Waals surface area contributed by atoms with Crippen LogP contribution in [0.2, 0.25) is 0 Å². The van der Waals surface area contributed by atoms with Crippen molar-refractivity contribution in [3.8, 4) is 5.88 Å². The van der Waals surface area contributed by atoms with Crippen LogP contribution in [-0.4, -0.2) is 22.8 Å². The predicted octanol–water partition coefficient (Wildman–Crippen LogP) is 4.11. The fourth-order valence-electron chi connectivity index (χ4n) is 1.96. The second-order valence-electron chi connectivity index (χ2n) is 5.86. The number of nitrogens with one attached hydrogen (secondary N) is 1. The second kappa shape index (κ2) is 4.68. The molecule has 0 aliphatic carbocycles. The highest BCUT2D eigenvalue weighted by molar-refractivity contribution is 5.81. The third-order valence-corrected chi connectivity index (χ3v) is 3.02. The highest BCUT2D eigenvalue weighted by atomic mass is 19.4. The van der Waals surface area contributed by atoms with E-state index in [1.54, 1.807) is 6.20 Å². The monoisotopic (exact) mass is 286 g/mol. The number of aromatic amines is 1. The summed E-state index contributed by atoms with van der Waals surface area (Å²) in [5.41, 5.74) is 1.84. The number of H-pyrrole nitrogens is 1. The first-order valence-electron chi connectivity index (χ1n) is 6.27. The lowest BCUT2D eigenvalue weighted by atomic mass is 9.87. The molecule has 110 valence electrons. The van der Waals surface area contributed by atoms with Gasteiger partial charge in [0.2, 0.25) is 5.88 Å². The molecule has 1 N–H and O–H groups in total. The van der Waals surface area contributed by atoms with Crippen LogP contribution in [0.3, 0.4) is 0 Å². The van der Waals surface area contributed by atoms with E-state index in [2.05, 4.69) is 9.97 Å². The molecule has 0 saturated heterocycles. The van der Waals surface area contributed by atoms with Gasteiger partial charge in [-0.25, -0.2) is 0 Å². The molecule has 2 rings (SSSR count). The maximum absolute atomic E-state index is 12.3. The molecule has 0 fully saturated rings. The highest BCUT2D eigenvalue weighted by Gasteiger charge is 2.30. The smallest absolute Gasteiger partial charge is 0.422 e. The molecule has 20 heavy (non-hydrogen) atoms. The maximum atomic E-state index is 12.3. The Morgan fingerprint density at radius 1 is 1.25 bits per heavy atom. The number of aryl methyl sites for hydroxylation is 1. The topological polar surface area (TPSA) is 37.9 Å². The van der Waals surface area contributed by atoms with Crippen molar-refractivity contribution in [1.82, 2.24) is 9.97 Å². The van der Waals surface area contributed by atoms with Gasteiger partial charge in [-0.05, 0) is 24.0 Å². The molecule has 0 spiro atoms. The van der Waals surface area contributed by atoms with Crippen LogP contribution < -0.4 is 4.74 Å². The molecular formula is C14H17F3N2O. The van der Waals surface area contributed by atoms with Crippen LogP contribution in [0.4, 0.5) is 13.2 Å². The Hall–Kier alpha value is -1.72. The molecule has 0 radical (unpaired) electrons. The van der Waals surface area contributed by atoms with E-state index in [1.807, 2.05) is 33.8 Å². The van der Waals surface area contributed by atoms with E-state index >= 15 is 0 Å². The minimum absolute atomic E-state index is 0.0316. The normalized spacial score (nSPS) is 12.9. The SMILES string of the molecule is Cc1c[nH]c2nc(OCC(F)(F)F)c(C(C)(C)C)cc12. The number of alkyl halides is 3. The van der Waals surface area contributed by atoms with Crippen molar-refractivity contribution in [2.24, 2.45) is 0 Å². The van der Waals surface area contributed by atoms with Crippen molar-refractivity contribution >= 4 is 11.0 Å². The van der Waals surface area contributed by atoms with Gasteiger partial charge in [0.25, 0.3) is 0 Å². The van der Waals surface area contributed by atoms with Crippen LogP contribution in [0.15, 0.2) is 12.3 Å². The van der Waals surface area contributed by atoms with Gasteiger partial charge in [-0.3, -0.25) is 0 Å². The van der Waals surface area contributed by atoms with Gasteiger partial charge < -0.3 is 9.72 Å². The Labute approximate surface area is 115 Å². The van der Waals surface area contributed by atoms with E-state index in [-0.39, 0.29) is 11.3 Å². The van der Waals surface area contributed by atoms with Crippen molar-refractivity contribution in [2.45, 2.75) is 39.3 Å². The summed E-state index contributed by atoms with van der Waals surface area (Å²) in [4.78, 5) is 7.12. The lowest BCUT2D eigenvalue weighted by molar-refractivity contribution is -0.154. The Bertz CT molecular complexity index is 624. The molecule has 2 aromatic heterocycles. The summed E-state index contributed by atoms with van der Waals surface area (Å²) >= 11 is 0. The summed E-state index contributed by atoms with van der Waals surface area (Å²) in [6.45, 7) is 6.33. The number of aromatic nitrogens is 2. The number of nitrogens with zero attached hydrogens (tertiary/aromatic N) is 1. The molecule has 2 aromatic rings. The van der Waals surface area contributed by atoms with E-state index < -0.39 is 12.8 Å². The minimum atomic E-state index is -4.38. The molecule has 0 aliphatic rings. The van der Waals surface area contributed by atoms with Crippen LogP contribution in [0.25, 0.3) is 11.0 Å². The quantitative estimate of drug-likeness (QED) is 0.902. The summed E-state index contributed by atoms with van der Waals surface area (Å²) < 4.78 is 41.9. The fraction of sp³-hybridized carbons (Fsp3) is 0.500. The number of rotatable bonds is 2. The summed E-state index contributed by atoms with van der Waals surface area (Å²) in [6.07, 6.45) is -2.60. The first-order chi connectivity index (χ1) is 9.08. The molecule has 0 bridgehead atoms. The van der Waals surface area contributed by atoms with E-state index in [4.69, 9.17) is 4.74 Å². The summed E-state index contributed by atoms with van der Waals surface area (Å²) in [7, 11) is 0. The first-order valence-corrected chi connectivity index (χ1v) is 6.27. The highest BCUT2D eigenvalue weighted by Crippen LogP contribution is 2.34. The van der Waals surface area contributed by atoms with Gasteiger partial charge in [-0.1, -0.05) is 20.8 Å². The van der Waals surface area contributed by atoms with E-state index in [1.165, 1.54) is 0 Å². The Balaban J connectivity index is 2.50. The number of halogens is 3. The van der Waals surface area contributed by atoms with Gasteiger partial charge in [-0.15, -0.1) is 0 Å². The van der Waals surface area contributed by atoms with Gasteiger partial charge in [0.1, 0.15) is 5.65 Å². The van der Waals surface area contributed by atoms with Crippen molar-refractivity contribution in [3.05, 3.63) is 23.4 Å². The largest absolute Gasteiger partial charge is 0.468 e. The van der Waals surface area contributed by atoms with Gasteiger partial charge >= 0.3 is 6.18 Å². The molecule has 2 heterocycles. The minimum Gasteiger partial charge on any atom is -0.468 e. The Kier molecular flexibility index (Phi) is 3.44. The van der Waals surface area contributed by atoms with Gasteiger partial charge in [0.15, 0.2) is 6.61 Å². The third-order valence-electron chi connectivity index (χ3n) is 3.02. The van der Waals surface area contributed by atoms with E-state index in [9.17, 15) is 13.2 Å². The lowest BCUT2D eigenvalue weighted by Crippen LogP contribution is -2.22. The molecular weight excluding hydrogens is 269 g/mol. The van der Waals surface area contributed by atoms with Gasteiger partial charge in [0.05, 0.1) is 0 Å². The van der Waals surface area contributed by atoms with Crippen LogP contribution in [0.1, 0.15) is 31.9 Å². The Morgan fingerprint density at radius 3 is 2.45 bits per heavy atom. The van der Waals surface area contributed by atoms with Crippen molar-refractivity contribution < 1.29 is 17.9 Å². The fourth-order valence-corrected chi connectivity index (χ4v) is 1.96. The van der Waals surface area contributed by atoms with E-state index in [0.29, 0.717) is 11.2 Å². The molecule has 3 nitrogen and oxygen atoms in total. The zero-order chi connectivity index (χ0) is 15.1. The Morgan fingerprint density at radius 2 is 1.90 bits per heavy atom. The number of ether oxygens (including phenoxy) is 1. The number of hydrogen-bond donors (Lipinski definition) is 1. The third kappa shape index (κ3) is 3.05. The summed E-state index contributed by atoms with van der Waals surface area (Å²) in [5.74, 6) is 0.0316. The molecule has 0 saturated carbocycles. The molecule has 0 aliphatic heterocycles. The average molecular weight is 286 g/mol. The molecule has 6 heteroatoms. The zero-order valence-corrected chi connectivity index (χ0v) is 11.9. The summed E-state index contributed by atoms with van der Waals surface area (Å²) in [6, 6.07) is 1.85. The van der Waals surface area contributed by atoms with Crippen LogP contribution in [0, 0.1) is 6.92 Å². The van der Waals surface area contributed by atoms with Crippen LogP contribution >= 0.6 is 0 Å².